The van der Waals surface area contributed by atoms with Crippen molar-refractivity contribution in [1.29, 1.82) is 0 Å². The SMILES string of the molecule is CC/C=C\C/C=C\C/C=C\C/C=C\C/C=C\C/C=C\C/C=C\C/C=C\C/C=C\C/C=C\C/C=C\CCCCCC(=O)NC(COP(=O)([O-])OCC[N+](C)(C)C)C(O)/C=C/CC/C=C/CCCCCCCCCCCC. The maximum atomic E-state index is 12.9. The maximum absolute atomic E-state index is 12.9. The molecular formula is C66H109N2O6P. The summed E-state index contributed by atoms with van der Waals surface area (Å²) in [5.41, 5.74) is 0. The Kier molecular flexibility index (Phi) is 52.1. The predicted molar refractivity (Wildman–Crippen MR) is 324 cm³/mol. The average molecular weight is 1060 g/mol. The van der Waals surface area contributed by atoms with Crippen LogP contribution in [-0.4, -0.2) is 68.5 Å². The van der Waals surface area contributed by atoms with Gasteiger partial charge in [0.1, 0.15) is 13.2 Å². The first kappa shape index (κ1) is 71.1. The summed E-state index contributed by atoms with van der Waals surface area (Å²) < 4.78 is 23.3. The van der Waals surface area contributed by atoms with Gasteiger partial charge in [-0.1, -0.05) is 236 Å². The second-order valence-electron chi connectivity index (χ2n) is 20.3. The molecule has 9 heteroatoms. The van der Waals surface area contributed by atoms with Crippen LogP contribution in [0.4, 0.5) is 0 Å². The number of quaternary nitrogens is 1. The summed E-state index contributed by atoms with van der Waals surface area (Å²) in [6.07, 6.45) is 86.1. The van der Waals surface area contributed by atoms with E-state index in [9.17, 15) is 19.4 Å². The van der Waals surface area contributed by atoms with Crippen LogP contribution < -0.4 is 10.2 Å². The number of unbranched alkanes of at least 4 members (excludes halogenated alkanes) is 14. The predicted octanol–water partition coefficient (Wildman–Crippen LogP) is 17.6. The molecular weight excluding hydrogens is 948 g/mol. The molecule has 0 saturated heterocycles. The van der Waals surface area contributed by atoms with Gasteiger partial charge in [0.25, 0.3) is 7.82 Å². The molecule has 2 N–H and O–H groups in total. The standard InChI is InChI=1S/C66H109N2O6P/c1-6-8-10-12-14-16-18-20-22-24-25-26-27-28-29-30-31-32-33-34-35-36-37-38-39-40-41-42-43-44-46-48-50-52-54-56-58-60-66(70)67-64(63-74-75(71,72)73-62-61-68(3,4)5)65(69)59-57-55-53-51-49-47-45-23-21-19-17-15-13-11-9-7-2/h8,10,14,16,20,22,25-26,28-29,31-32,34-35,37-38,40-41,43-44,48-51,57,59,64-65,69H,6-7,9,11-13,15,17-19,21,23-24,27,30,33,36,39,42,45-47,52-56,58,60-63H2,1-5H3,(H-,67,70,71,72)/b10-8-,16-14-,22-20-,26-25-,29-28-,32-31-,35-34-,38-37-,41-40-,44-43-,50-48-,51-49+,59-57+. The van der Waals surface area contributed by atoms with Crippen molar-refractivity contribution in [3.05, 3.63) is 158 Å². The molecule has 8 nitrogen and oxygen atoms in total. The highest BCUT2D eigenvalue weighted by Gasteiger charge is 2.23. The van der Waals surface area contributed by atoms with Crippen LogP contribution in [0.15, 0.2) is 158 Å². The Bertz CT molecular complexity index is 1770. The van der Waals surface area contributed by atoms with Gasteiger partial charge in [-0.2, -0.15) is 0 Å². The molecule has 0 fully saturated rings. The number of amides is 1. The van der Waals surface area contributed by atoms with Crippen molar-refractivity contribution in [3.63, 3.8) is 0 Å². The van der Waals surface area contributed by atoms with Crippen molar-refractivity contribution in [2.75, 3.05) is 40.9 Å². The smallest absolute Gasteiger partial charge is 0.268 e. The lowest BCUT2D eigenvalue weighted by Crippen LogP contribution is -2.45. The number of hydrogen-bond donors (Lipinski definition) is 2. The van der Waals surface area contributed by atoms with E-state index < -0.39 is 26.6 Å². The third-order valence-corrected chi connectivity index (χ3v) is 12.9. The number of nitrogens with zero attached hydrogens (tertiary/aromatic N) is 1. The van der Waals surface area contributed by atoms with E-state index in [1.54, 1.807) is 6.08 Å². The van der Waals surface area contributed by atoms with E-state index in [1.807, 2.05) is 27.2 Å². The van der Waals surface area contributed by atoms with E-state index >= 15 is 0 Å². The van der Waals surface area contributed by atoms with Gasteiger partial charge in [0.2, 0.25) is 5.91 Å². The van der Waals surface area contributed by atoms with Gasteiger partial charge in [0.05, 0.1) is 39.9 Å². The first-order chi connectivity index (χ1) is 36.5. The van der Waals surface area contributed by atoms with Gasteiger partial charge >= 0.3 is 0 Å². The molecule has 0 saturated carbocycles. The Balaban J connectivity index is 4.31. The molecule has 0 aromatic carbocycles. The molecule has 0 aromatic rings. The fraction of sp³-hybridized carbons (Fsp3) is 0.591. The monoisotopic (exact) mass is 1060 g/mol. The zero-order valence-corrected chi connectivity index (χ0v) is 49.1. The van der Waals surface area contributed by atoms with Crippen molar-refractivity contribution in [2.45, 2.75) is 212 Å². The Morgan fingerprint density at radius 1 is 0.480 bits per heavy atom. The first-order valence-corrected chi connectivity index (χ1v) is 30.8. The van der Waals surface area contributed by atoms with E-state index in [0.29, 0.717) is 17.4 Å². The summed E-state index contributed by atoms with van der Waals surface area (Å²) in [6.45, 7) is 4.46. The molecule has 0 radical (unpaired) electrons. The van der Waals surface area contributed by atoms with Crippen LogP contribution in [0.2, 0.25) is 0 Å². The number of aliphatic hydroxyl groups is 1. The van der Waals surface area contributed by atoms with E-state index in [2.05, 4.69) is 165 Å². The Morgan fingerprint density at radius 2 is 0.827 bits per heavy atom. The van der Waals surface area contributed by atoms with Crippen LogP contribution in [0.25, 0.3) is 0 Å². The summed E-state index contributed by atoms with van der Waals surface area (Å²) in [7, 11) is 1.19. The third kappa shape index (κ3) is 57.7. The van der Waals surface area contributed by atoms with E-state index in [4.69, 9.17) is 9.05 Å². The van der Waals surface area contributed by atoms with Crippen LogP contribution in [-0.2, 0) is 18.4 Å². The number of allylic oxidation sites excluding steroid dienone is 25. The number of carbonyl (C=O) groups is 1. The second kappa shape index (κ2) is 54.9. The highest BCUT2D eigenvalue weighted by Crippen LogP contribution is 2.38. The molecule has 0 aliphatic rings. The lowest BCUT2D eigenvalue weighted by Gasteiger charge is -2.29. The molecule has 1 amide bonds. The van der Waals surface area contributed by atoms with Gasteiger partial charge in [-0.05, 0) is 116 Å². The summed E-state index contributed by atoms with van der Waals surface area (Å²) in [5, 5.41) is 13.8. The number of nitrogens with one attached hydrogen (secondary N) is 1. The Labute approximate surface area is 461 Å². The highest BCUT2D eigenvalue weighted by molar-refractivity contribution is 7.45. The van der Waals surface area contributed by atoms with Gasteiger partial charge in [-0.15, -0.1) is 0 Å². The number of hydrogen-bond acceptors (Lipinski definition) is 6. The minimum Gasteiger partial charge on any atom is -0.756 e. The molecule has 0 bridgehead atoms. The van der Waals surface area contributed by atoms with Crippen LogP contribution in [0, 0.1) is 0 Å². The number of rotatable bonds is 51. The minimum absolute atomic E-state index is 0.0220. The third-order valence-electron chi connectivity index (χ3n) is 12.0. The topological polar surface area (TPSA) is 108 Å². The lowest BCUT2D eigenvalue weighted by molar-refractivity contribution is -0.870. The number of likely N-dealkylation sites (N-methyl/N-ethyl adjacent to an activating group) is 1. The summed E-state index contributed by atoms with van der Waals surface area (Å²) in [4.78, 5) is 25.5. The van der Waals surface area contributed by atoms with Crippen LogP contribution in [0.3, 0.4) is 0 Å². The summed E-state index contributed by atoms with van der Waals surface area (Å²) >= 11 is 0. The maximum Gasteiger partial charge on any atom is 0.268 e. The van der Waals surface area contributed by atoms with Gasteiger partial charge in [0, 0.05) is 6.42 Å². The molecule has 0 aliphatic carbocycles. The molecule has 424 valence electrons. The van der Waals surface area contributed by atoms with Crippen LogP contribution in [0.1, 0.15) is 200 Å². The summed E-state index contributed by atoms with van der Waals surface area (Å²) in [5.74, 6) is -0.246. The van der Waals surface area contributed by atoms with E-state index in [-0.39, 0.29) is 18.9 Å². The lowest BCUT2D eigenvalue weighted by atomic mass is 10.1. The molecule has 3 unspecified atom stereocenters. The van der Waals surface area contributed by atoms with Crippen molar-refractivity contribution in [1.82, 2.24) is 5.32 Å². The van der Waals surface area contributed by atoms with Crippen molar-refractivity contribution in [3.8, 4) is 0 Å². The molecule has 0 rings (SSSR count). The minimum atomic E-state index is -4.63. The van der Waals surface area contributed by atoms with Crippen molar-refractivity contribution >= 4 is 13.7 Å². The molecule has 75 heavy (non-hydrogen) atoms. The van der Waals surface area contributed by atoms with Gasteiger partial charge in [-0.25, -0.2) is 0 Å². The molecule has 3 atom stereocenters. The number of phosphoric ester groups is 1. The summed E-state index contributed by atoms with van der Waals surface area (Å²) in [6, 6.07) is -0.933. The van der Waals surface area contributed by atoms with E-state index in [1.165, 1.54) is 64.2 Å². The van der Waals surface area contributed by atoms with Gasteiger partial charge in [-0.3, -0.25) is 9.36 Å². The van der Waals surface area contributed by atoms with E-state index in [0.717, 1.165) is 109 Å². The zero-order valence-electron chi connectivity index (χ0n) is 48.2. The Hall–Kier alpha value is -3.88. The van der Waals surface area contributed by atoms with Crippen LogP contribution >= 0.6 is 7.82 Å². The van der Waals surface area contributed by atoms with Crippen molar-refractivity contribution < 1.29 is 32.9 Å². The van der Waals surface area contributed by atoms with Crippen molar-refractivity contribution in [2.24, 2.45) is 0 Å². The fourth-order valence-corrected chi connectivity index (χ4v) is 8.13. The van der Waals surface area contributed by atoms with Gasteiger partial charge < -0.3 is 28.8 Å². The molecule has 0 heterocycles. The number of phosphoric acid groups is 1. The Morgan fingerprint density at radius 3 is 1.24 bits per heavy atom. The normalized spacial score (nSPS) is 15.0. The average Bonchev–Trinajstić information content (AvgIpc) is 3.37. The van der Waals surface area contributed by atoms with Crippen LogP contribution in [0.5, 0.6) is 0 Å². The molecule has 0 aliphatic heterocycles. The quantitative estimate of drug-likeness (QED) is 0.0272. The fourth-order valence-electron chi connectivity index (χ4n) is 7.41. The number of aliphatic hydroxyl groups excluding tert-OH is 1. The van der Waals surface area contributed by atoms with Gasteiger partial charge in [0.15, 0.2) is 0 Å². The number of carbonyl (C=O) groups excluding carboxylic acids is 1. The molecule has 0 aromatic heterocycles. The highest BCUT2D eigenvalue weighted by atomic mass is 31.2. The second-order valence-corrected chi connectivity index (χ2v) is 21.7. The zero-order chi connectivity index (χ0) is 54.9. The largest absolute Gasteiger partial charge is 0.756 e. The first-order valence-electron chi connectivity index (χ1n) is 29.3. The molecule has 0 spiro atoms.